The van der Waals surface area contributed by atoms with Gasteiger partial charge in [-0.1, -0.05) is 32.0 Å². The molecule has 0 aliphatic carbocycles. The molecule has 2 amide bonds. The Morgan fingerprint density at radius 3 is 2.34 bits per heavy atom. The Kier molecular flexibility index (Phi) is 6.64. The largest absolute Gasteiger partial charge is 0.494 e. The van der Waals surface area contributed by atoms with Gasteiger partial charge in [0.1, 0.15) is 5.75 Å². The van der Waals surface area contributed by atoms with Crippen LogP contribution in [0.25, 0.3) is 5.57 Å². The summed E-state index contributed by atoms with van der Waals surface area (Å²) in [6.07, 6.45) is 0.929. The fourth-order valence-electron chi connectivity index (χ4n) is 3.12. The summed E-state index contributed by atoms with van der Waals surface area (Å²) in [5.74, 6) is 0.914. The van der Waals surface area contributed by atoms with Crippen LogP contribution in [0, 0.1) is 0 Å². The number of anilines is 2. The summed E-state index contributed by atoms with van der Waals surface area (Å²) in [6.45, 7) is 4.67. The Labute approximate surface area is 176 Å². The van der Waals surface area contributed by atoms with Gasteiger partial charge in [0, 0.05) is 19.8 Å². The van der Waals surface area contributed by atoms with E-state index in [1.165, 1.54) is 16.7 Å². The van der Waals surface area contributed by atoms with Gasteiger partial charge in [0.05, 0.1) is 22.8 Å². The number of carbonyl (C=O) groups excluding carboxylic acids is 2. The van der Waals surface area contributed by atoms with E-state index in [1.807, 2.05) is 68.4 Å². The molecule has 0 radical (unpaired) electrons. The first-order valence-electron chi connectivity index (χ1n) is 9.74. The van der Waals surface area contributed by atoms with E-state index in [0.29, 0.717) is 28.5 Å². The van der Waals surface area contributed by atoms with Crippen LogP contribution in [0.5, 0.6) is 5.75 Å². The van der Waals surface area contributed by atoms with Crippen molar-refractivity contribution >= 4 is 40.5 Å². The van der Waals surface area contributed by atoms with Crippen LogP contribution >= 0.6 is 11.8 Å². The SMILES string of the molecule is CCCOc1ccc(C2=C(SCC)C(=O)N(c3cccc(N(C)C)c3)C2=O)cc1. The number of imide groups is 1. The van der Waals surface area contributed by atoms with Crippen LogP contribution in [0.4, 0.5) is 11.4 Å². The minimum absolute atomic E-state index is 0.265. The van der Waals surface area contributed by atoms with Crippen LogP contribution < -0.4 is 14.5 Å². The number of rotatable bonds is 8. The van der Waals surface area contributed by atoms with Gasteiger partial charge in [-0.05, 0) is 48.1 Å². The first kappa shape index (κ1) is 21.0. The lowest BCUT2D eigenvalue weighted by molar-refractivity contribution is -0.119. The lowest BCUT2D eigenvalue weighted by atomic mass is 10.1. The molecule has 3 rings (SSSR count). The number of carbonyl (C=O) groups is 2. The van der Waals surface area contributed by atoms with E-state index < -0.39 is 0 Å². The van der Waals surface area contributed by atoms with Gasteiger partial charge >= 0.3 is 0 Å². The molecular formula is C23H26N2O3S. The molecular weight excluding hydrogens is 384 g/mol. The lowest BCUT2D eigenvalue weighted by Crippen LogP contribution is -2.31. The zero-order valence-electron chi connectivity index (χ0n) is 17.3. The highest BCUT2D eigenvalue weighted by molar-refractivity contribution is 8.04. The summed E-state index contributed by atoms with van der Waals surface area (Å²) in [4.78, 5) is 30.2. The van der Waals surface area contributed by atoms with Gasteiger partial charge in [-0.3, -0.25) is 9.59 Å². The average Bonchev–Trinajstić information content (AvgIpc) is 2.97. The molecule has 0 spiro atoms. The van der Waals surface area contributed by atoms with Crippen molar-refractivity contribution in [3.63, 3.8) is 0 Å². The first-order chi connectivity index (χ1) is 14.0. The summed E-state index contributed by atoms with van der Waals surface area (Å²) < 4.78 is 5.63. The minimum atomic E-state index is -0.288. The third-order valence-electron chi connectivity index (χ3n) is 4.55. The Hall–Kier alpha value is -2.73. The van der Waals surface area contributed by atoms with E-state index in [1.54, 1.807) is 6.07 Å². The molecule has 1 aliphatic heterocycles. The molecule has 152 valence electrons. The molecule has 1 aliphatic rings. The lowest BCUT2D eigenvalue weighted by Gasteiger charge is -2.19. The molecule has 0 bridgehead atoms. The van der Waals surface area contributed by atoms with Gasteiger partial charge in [-0.2, -0.15) is 0 Å². The predicted octanol–water partition coefficient (Wildman–Crippen LogP) is 4.58. The molecule has 0 aromatic heterocycles. The van der Waals surface area contributed by atoms with Gasteiger partial charge in [0.25, 0.3) is 11.8 Å². The van der Waals surface area contributed by atoms with E-state index in [4.69, 9.17) is 4.74 Å². The molecule has 0 saturated carbocycles. The molecule has 2 aromatic carbocycles. The standard InChI is InChI=1S/C23H26N2O3S/c1-5-14-28-19-12-10-16(11-13-19)20-21(29-6-2)23(27)25(22(20)26)18-9-7-8-17(15-18)24(3)4/h7-13,15H,5-6,14H2,1-4H3. The van der Waals surface area contributed by atoms with Crippen molar-refractivity contribution in [1.82, 2.24) is 0 Å². The fourth-order valence-corrected chi connectivity index (χ4v) is 3.98. The second kappa shape index (κ2) is 9.18. The third-order valence-corrected chi connectivity index (χ3v) is 5.51. The highest BCUT2D eigenvalue weighted by atomic mass is 32.2. The average molecular weight is 411 g/mol. The number of amides is 2. The van der Waals surface area contributed by atoms with Gasteiger partial charge in [0.2, 0.25) is 0 Å². The summed E-state index contributed by atoms with van der Waals surface area (Å²) in [5.41, 5.74) is 2.70. The summed E-state index contributed by atoms with van der Waals surface area (Å²) in [6, 6.07) is 14.8. The van der Waals surface area contributed by atoms with Crippen LogP contribution in [-0.4, -0.2) is 38.3 Å². The summed E-state index contributed by atoms with van der Waals surface area (Å²) >= 11 is 1.41. The maximum Gasteiger partial charge on any atom is 0.272 e. The Morgan fingerprint density at radius 1 is 1.00 bits per heavy atom. The van der Waals surface area contributed by atoms with Crippen LogP contribution in [0.15, 0.2) is 53.4 Å². The molecule has 0 fully saturated rings. The Bertz CT molecular complexity index is 935. The van der Waals surface area contributed by atoms with Crippen molar-refractivity contribution in [3.8, 4) is 5.75 Å². The van der Waals surface area contributed by atoms with Crippen molar-refractivity contribution in [2.75, 3.05) is 36.3 Å². The second-order valence-electron chi connectivity index (χ2n) is 6.87. The van der Waals surface area contributed by atoms with Gasteiger partial charge < -0.3 is 9.64 Å². The maximum absolute atomic E-state index is 13.3. The van der Waals surface area contributed by atoms with Crippen molar-refractivity contribution < 1.29 is 14.3 Å². The van der Waals surface area contributed by atoms with Gasteiger partial charge in [0.15, 0.2) is 0 Å². The van der Waals surface area contributed by atoms with E-state index in [-0.39, 0.29) is 11.8 Å². The number of hydrogen-bond acceptors (Lipinski definition) is 5. The zero-order chi connectivity index (χ0) is 21.0. The van der Waals surface area contributed by atoms with Crippen molar-refractivity contribution in [2.24, 2.45) is 0 Å². The highest BCUT2D eigenvalue weighted by Gasteiger charge is 2.40. The van der Waals surface area contributed by atoms with Crippen LogP contribution in [-0.2, 0) is 9.59 Å². The Balaban J connectivity index is 1.98. The van der Waals surface area contributed by atoms with Crippen LogP contribution in [0.1, 0.15) is 25.8 Å². The predicted molar refractivity (Wildman–Crippen MR) is 121 cm³/mol. The number of benzene rings is 2. The number of thioether (sulfide) groups is 1. The molecule has 0 unspecified atom stereocenters. The van der Waals surface area contributed by atoms with Crippen molar-refractivity contribution in [3.05, 3.63) is 59.0 Å². The summed E-state index contributed by atoms with van der Waals surface area (Å²) in [5, 5.41) is 0. The van der Waals surface area contributed by atoms with Crippen molar-refractivity contribution in [2.45, 2.75) is 20.3 Å². The number of nitrogens with zero attached hydrogens (tertiary/aromatic N) is 2. The number of ether oxygens (including phenoxy) is 1. The maximum atomic E-state index is 13.3. The first-order valence-corrected chi connectivity index (χ1v) is 10.7. The quantitative estimate of drug-likeness (QED) is 0.596. The van der Waals surface area contributed by atoms with Gasteiger partial charge in [-0.15, -0.1) is 11.8 Å². The molecule has 29 heavy (non-hydrogen) atoms. The highest BCUT2D eigenvalue weighted by Crippen LogP contribution is 2.39. The van der Waals surface area contributed by atoms with E-state index >= 15 is 0 Å². The zero-order valence-corrected chi connectivity index (χ0v) is 18.1. The molecule has 0 saturated heterocycles. The van der Waals surface area contributed by atoms with Crippen molar-refractivity contribution in [1.29, 1.82) is 0 Å². The molecule has 0 atom stereocenters. The van der Waals surface area contributed by atoms with Crippen LogP contribution in [0.2, 0.25) is 0 Å². The molecule has 0 N–H and O–H groups in total. The fraction of sp³-hybridized carbons (Fsp3) is 0.304. The van der Waals surface area contributed by atoms with E-state index in [9.17, 15) is 9.59 Å². The molecule has 1 heterocycles. The molecule has 6 heteroatoms. The monoisotopic (exact) mass is 410 g/mol. The topological polar surface area (TPSA) is 49.9 Å². The second-order valence-corrected chi connectivity index (χ2v) is 8.14. The van der Waals surface area contributed by atoms with Crippen LogP contribution in [0.3, 0.4) is 0 Å². The van der Waals surface area contributed by atoms with Gasteiger partial charge in [-0.25, -0.2) is 4.90 Å². The smallest absolute Gasteiger partial charge is 0.272 e. The number of hydrogen-bond donors (Lipinski definition) is 0. The van der Waals surface area contributed by atoms with E-state index in [2.05, 4.69) is 6.92 Å². The molecule has 5 nitrogen and oxygen atoms in total. The minimum Gasteiger partial charge on any atom is -0.494 e. The third kappa shape index (κ3) is 4.32. The Morgan fingerprint density at radius 2 is 1.72 bits per heavy atom. The van der Waals surface area contributed by atoms with E-state index in [0.717, 1.165) is 23.4 Å². The summed E-state index contributed by atoms with van der Waals surface area (Å²) in [7, 11) is 3.86. The molecule has 2 aromatic rings. The normalized spacial score (nSPS) is 14.0.